The second-order valence-electron chi connectivity index (χ2n) is 5.97. The Hall–Kier alpha value is -1.73. The maximum Gasteiger partial charge on any atom is 0.279 e. The lowest BCUT2D eigenvalue weighted by molar-refractivity contribution is -0.919. The fourth-order valence-corrected chi connectivity index (χ4v) is 5.32. The summed E-state index contributed by atoms with van der Waals surface area (Å²) in [7, 11) is 0. The molecule has 0 fully saturated rings. The normalized spacial score (nSPS) is 19.4. The molecule has 3 aromatic rings. The minimum atomic E-state index is -0.0369. The highest BCUT2D eigenvalue weighted by atomic mass is 35.5. The molecule has 0 spiro atoms. The van der Waals surface area contributed by atoms with Crippen molar-refractivity contribution in [2.24, 2.45) is 0 Å². The number of amides is 1. The van der Waals surface area contributed by atoms with E-state index in [1.165, 1.54) is 20.2 Å². The van der Waals surface area contributed by atoms with Crippen LogP contribution in [-0.2, 0) is 11.2 Å². The number of aromatic nitrogens is 1. The third-order valence-corrected chi connectivity index (χ3v) is 6.66. The minimum absolute atomic E-state index is 0.0369. The molecule has 0 aliphatic carbocycles. The first kappa shape index (κ1) is 16.7. The first-order chi connectivity index (χ1) is 12.2. The monoisotopic (exact) mass is 390 g/mol. The van der Waals surface area contributed by atoms with E-state index in [9.17, 15) is 4.79 Å². The lowest BCUT2D eigenvalue weighted by Crippen LogP contribution is -3.14. The van der Waals surface area contributed by atoms with E-state index in [2.05, 4.69) is 39.3 Å². The van der Waals surface area contributed by atoms with Crippen molar-refractivity contribution in [3.05, 3.63) is 67.8 Å². The van der Waals surface area contributed by atoms with Crippen molar-refractivity contribution in [3.8, 4) is 0 Å². The number of halogens is 1. The average molecular weight is 391 g/mol. The third kappa shape index (κ3) is 3.48. The zero-order valence-corrected chi connectivity index (χ0v) is 15.8. The van der Waals surface area contributed by atoms with Gasteiger partial charge in [-0.05, 0) is 35.0 Å². The fraction of sp³-hybridized carbons (Fsp3) is 0.222. The van der Waals surface area contributed by atoms with Crippen LogP contribution in [0.2, 0.25) is 5.15 Å². The molecule has 4 nitrogen and oxygen atoms in total. The summed E-state index contributed by atoms with van der Waals surface area (Å²) in [5.41, 5.74) is 1.93. The van der Waals surface area contributed by atoms with Crippen LogP contribution in [-0.4, -0.2) is 24.0 Å². The van der Waals surface area contributed by atoms with Gasteiger partial charge in [-0.25, -0.2) is 4.98 Å². The number of fused-ring (bicyclic) bond motifs is 1. The van der Waals surface area contributed by atoms with Gasteiger partial charge in [0.15, 0.2) is 11.7 Å². The van der Waals surface area contributed by atoms with E-state index in [0.29, 0.717) is 17.4 Å². The maximum atomic E-state index is 12.6. The molecule has 0 bridgehead atoms. The summed E-state index contributed by atoms with van der Waals surface area (Å²) in [6.07, 6.45) is 2.63. The van der Waals surface area contributed by atoms with Gasteiger partial charge < -0.3 is 10.2 Å². The summed E-state index contributed by atoms with van der Waals surface area (Å²) in [5.74, 6) is -0.0369. The molecule has 4 rings (SSSR count). The van der Waals surface area contributed by atoms with Crippen molar-refractivity contribution >= 4 is 45.9 Å². The highest BCUT2D eigenvalue weighted by Gasteiger charge is 2.35. The van der Waals surface area contributed by atoms with Crippen LogP contribution in [0.3, 0.4) is 0 Å². The number of quaternary nitrogens is 1. The van der Waals surface area contributed by atoms with Crippen LogP contribution in [0.5, 0.6) is 0 Å². The Morgan fingerprint density at radius 1 is 1.28 bits per heavy atom. The molecule has 1 aliphatic rings. The molecule has 2 N–H and O–H groups in total. The Bertz CT molecular complexity index is 878. The van der Waals surface area contributed by atoms with Gasteiger partial charge in [-0.2, -0.15) is 0 Å². The molecule has 7 heteroatoms. The van der Waals surface area contributed by atoms with Gasteiger partial charge in [0.05, 0.1) is 17.1 Å². The molecule has 1 aliphatic heterocycles. The van der Waals surface area contributed by atoms with Crippen molar-refractivity contribution < 1.29 is 9.69 Å². The molecular weight excluding hydrogens is 374 g/mol. The van der Waals surface area contributed by atoms with Crippen LogP contribution in [0, 0.1) is 0 Å². The Labute approximate surface area is 159 Å². The number of thiophene rings is 2. The van der Waals surface area contributed by atoms with Gasteiger partial charge in [0.1, 0.15) is 6.04 Å². The van der Waals surface area contributed by atoms with Gasteiger partial charge in [-0.15, -0.1) is 22.7 Å². The highest BCUT2D eigenvalue weighted by Crippen LogP contribution is 2.31. The van der Waals surface area contributed by atoms with Crippen LogP contribution in [0.1, 0.15) is 21.4 Å². The molecule has 1 amide bonds. The van der Waals surface area contributed by atoms with Crippen LogP contribution in [0.15, 0.2) is 47.3 Å². The molecule has 0 radical (unpaired) electrons. The lowest BCUT2D eigenvalue weighted by Gasteiger charge is -2.31. The Balaban J connectivity index is 1.55. The van der Waals surface area contributed by atoms with E-state index in [1.54, 1.807) is 29.7 Å². The molecule has 128 valence electrons. The highest BCUT2D eigenvalue weighted by molar-refractivity contribution is 7.10. The molecule has 25 heavy (non-hydrogen) atoms. The molecule has 2 atom stereocenters. The second-order valence-corrected chi connectivity index (χ2v) is 8.31. The summed E-state index contributed by atoms with van der Waals surface area (Å²) in [6.45, 7) is 1.35. The van der Waals surface area contributed by atoms with Crippen molar-refractivity contribution in [1.29, 1.82) is 0 Å². The van der Waals surface area contributed by atoms with E-state index in [1.807, 2.05) is 11.3 Å². The van der Waals surface area contributed by atoms with Gasteiger partial charge in [0, 0.05) is 23.1 Å². The molecule has 1 unspecified atom stereocenters. The van der Waals surface area contributed by atoms with Gasteiger partial charge in [-0.1, -0.05) is 17.7 Å². The Kier molecular flexibility index (Phi) is 4.85. The molecular formula is C18H17ClN3OS2+. The predicted octanol–water partition coefficient (Wildman–Crippen LogP) is 3.03. The van der Waals surface area contributed by atoms with Crippen LogP contribution in [0.4, 0.5) is 5.69 Å². The minimum Gasteiger partial charge on any atom is -0.319 e. The molecule has 4 heterocycles. The zero-order valence-electron chi connectivity index (χ0n) is 13.4. The van der Waals surface area contributed by atoms with Gasteiger partial charge in [0.25, 0.3) is 5.91 Å². The fourth-order valence-electron chi connectivity index (χ4n) is 3.33. The summed E-state index contributed by atoms with van der Waals surface area (Å²) < 4.78 is 0. The van der Waals surface area contributed by atoms with E-state index >= 15 is 0 Å². The van der Waals surface area contributed by atoms with Crippen LogP contribution in [0.25, 0.3) is 0 Å². The second kappa shape index (κ2) is 7.25. The molecule has 0 saturated carbocycles. The van der Waals surface area contributed by atoms with E-state index in [0.717, 1.165) is 13.0 Å². The number of rotatable bonds is 4. The number of pyridine rings is 1. The third-order valence-electron chi connectivity index (χ3n) is 4.42. The van der Waals surface area contributed by atoms with Crippen molar-refractivity contribution in [1.82, 2.24) is 4.98 Å². The SMILES string of the molecule is O=C(C[NH+]1CCc2sccc2[C@@H]1c1cccs1)Nc1cccnc1Cl. The van der Waals surface area contributed by atoms with E-state index in [-0.39, 0.29) is 11.9 Å². The number of carbonyl (C=O) groups is 1. The van der Waals surface area contributed by atoms with E-state index < -0.39 is 0 Å². The van der Waals surface area contributed by atoms with Crippen molar-refractivity contribution in [2.45, 2.75) is 12.5 Å². The summed E-state index contributed by atoms with van der Waals surface area (Å²) in [5, 5.41) is 7.47. The zero-order chi connectivity index (χ0) is 17.2. The van der Waals surface area contributed by atoms with E-state index in [4.69, 9.17) is 11.6 Å². The molecule has 0 aromatic carbocycles. The molecule has 0 saturated heterocycles. The lowest BCUT2D eigenvalue weighted by atomic mass is 9.98. The van der Waals surface area contributed by atoms with Gasteiger partial charge in [-0.3, -0.25) is 4.79 Å². The number of nitrogens with one attached hydrogen (secondary N) is 2. The predicted molar refractivity (Wildman–Crippen MR) is 103 cm³/mol. The smallest absolute Gasteiger partial charge is 0.279 e. The van der Waals surface area contributed by atoms with Crippen LogP contribution >= 0.6 is 34.3 Å². The number of hydrogen-bond donors (Lipinski definition) is 2. The number of carbonyl (C=O) groups excluding carboxylic acids is 1. The Morgan fingerprint density at radius 3 is 3.00 bits per heavy atom. The average Bonchev–Trinajstić information content (AvgIpc) is 3.28. The first-order valence-electron chi connectivity index (χ1n) is 8.07. The van der Waals surface area contributed by atoms with Crippen LogP contribution < -0.4 is 10.2 Å². The number of nitrogens with zero attached hydrogens (tertiary/aromatic N) is 1. The Morgan fingerprint density at radius 2 is 2.20 bits per heavy atom. The van der Waals surface area contributed by atoms with Crippen molar-refractivity contribution in [3.63, 3.8) is 0 Å². The topological polar surface area (TPSA) is 46.4 Å². The summed E-state index contributed by atoms with van der Waals surface area (Å²) in [6, 6.07) is 10.2. The summed E-state index contributed by atoms with van der Waals surface area (Å²) >= 11 is 9.62. The maximum absolute atomic E-state index is 12.6. The van der Waals surface area contributed by atoms with Gasteiger partial charge >= 0.3 is 0 Å². The largest absolute Gasteiger partial charge is 0.319 e. The summed E-state index contributed by atoms with van der Waals surface area (Å²) in [4.78, 5) is 20.6. The first-order valence-corrected chi connectivity index (χ1v) is 10.2. The van der Waals surface area contributed by atoms with Crippen molar-refractivity contribution in [2.75, 3.05) is 18.4 Å². The number of hydrogen-bond acceptors (Lipinski definition) is 4. The number of anilines is 1. The standard InChI is InChI=1S/C18H16ClN3OS2/c19-18-13(3-1-7-20-18)21-16(23)11-22-8-5-14-12(6-10-25-14)17(22)15-4-2-9-24-15/h1-4,6-7,9-10,17H,5,8,11H2,(H,21,23)/p+1/t17-/m1/s1. The quantitative estimate of drug-likeness (QED) is 0.672. The van der Waals surface area contributed by atoms with Gasteiger partial charge in [0.2, 0.25) is 0 Å². The molecule has 3 aromatic heterocycles.